The second-order valence-electron chi connectivity index (χ2n) is 7.50. The summed E-state index contributed by atoms with van der Waals surface area (Å²) in [6.07, 6.45) is 0. The molecule has 4 rings (SSSR count). The summed E-state index contributed by atoms with van der Waals surface area (Å²) in [6.45, 7) is 4.78. The maximum absolute atomic E-state index is 12.6. The van der Waals surface area contributed by atoms with Gasteiger partial charge in [-0.15, -0.1) is 10.2 Å². The van der Waals surface area contributed by atoms with Gasteiger partial charge in [0.1, 0.15) is 0 Å². The highest BCUT2D eigenvalue weighted by atomic mass is 32.2. The number of aryl methyl sites for hydroxylation is 1. The number of amides is 2. The Balaban J connectivity index is 1.37. The summed E-state index contributed by atoms with van der Waals surface area (Å²) in [5.74, 6) is 0.590. The fraction of sp³-hybridized carbons (Fsp3) is 0.200. The molecule has 4 aromatic rings. The van der Waals surface area contributed by atoms with Crippen LogP contribution in [0.1, 0.15) is 28.7 Å². The van der Waals surface area contributed by atoms with Crippen LogP contribution in [0.5, 0.6) is 0 Å². The molecule has 0 unspecified atom stereocenters. The van der Waals surface area contributed by atoms with Crippen LogP contribution in [0.2, 0.25) is 0 Å². The zero-order chi connectivity index (χ0) is 23.2. The van der Waals surface area contributed by atoms with Crippen LogP contribution in [-0.4, -0.2) is 32.3 Å². The first-order valence-corrected chi connectivity index (χ1v) is 11.7. The molecule has 7 nitrogen and oxygen atoms in total. The Labute approximate surface area is 196 Å². The van der Waals surface area contributed by atoms with Crippen LogP contribution in [0.15, 0.2) is 71.9 Å². The van der Waals surface area contributed by atoms with Gasteiger partial charge < -0.3 is 15.2 Å². The summed E-state index contributed by atoms with van der Waals surface area (Å²) in [5.41, 5.74) is 2.34. The van der Waals surface area contributed by atoms with Crippen LogP contribution in [0, 0.1) is 6.92 Å². The molecule has 168 valence electrons. The Morgan fingerprint density at radius 3 is 2.55 bits per heavy atom. The van der Waals surface area contributed by atoms with Gasteiger partial charge in [-0.25, -0.2) is 0 Å². The van der Waals surface area contributed by atoms with Gasteiger partial charge in [-0.05, 0) is 36.9 Å². The van der Waals surface area contributed by atoms with Gasteiger partial charge in [0.15, 0.2) is 11.0 Å². The predicted octanol–water partition coefficient (Wildman–Crippen LogP) is 4.42. The van der Waals surface area contributed by atoms with Crippen LogP contribution in [0.3, 0.4) is 0 Å². The number of rotatable bonds is 8. The third kappa shape index (κ3) is 5.23. The second kappa shape index (κ2) is 10.3. The van der Waals surface area contributed by atoms with Gasteiger partial charge in [0.25, 0.3) is 5.91 Å². The van der Waals surface area contributed by atoms with E-state index in [-0.39, 0.29) is 24.1 Å². The van der Waals surface area contributed by atoms with Gasteiger partial charge >= 0.3 is 0 Å². The highest BCUT2D eigenvalue weighted by molar-refractivity contribution is 7.99. The van der Waals surface area contributed by atoms with E-state index in [4.69, 9.17) is 0 Å². The number of nitrogens with zero attached hydrogens (tertiary/aromatic N) is 3. The molecule has 2 N–H and O–H groups in total. The van der Waals surface area contributed by atoms with Crippen LogP contribution in [0.25, 0.3) is 10.8 Å². The van der Waals surface area contributed by atoms with Gasteiger partial charge in [0.2, 0.25) is 5.91 Å². The van der Waals surface area contributed by atoms with Crippen molar-refractivity contribution in [3.8, 4) is 0 Å². The van der Waals surface area contributed by atoms with E-state index in [2.05, 4.69) is 20.8 Å². The lowest BCUT2D eigenvalue weighted by Crippen LogP contribution is -2.25. The fourth-order valence-corrected chi connectivity index (χ4v) is 4.43. The van der Waals surface area contributed by atoms with Gasteiger partial charge in [-0.1, -0.05) is 66.4 Å². The van der Waals surface area contributed by atoms with Crippen molar-refractivity contribution in [2.24, 2.45) is 0 Å². The van der Waals surface area contributed by atoms with Crippen molar-refractivity contribution in [1.82, 2.24) is 20.1 Å². The Morgan fingerprint density at radius 1 is 0.970 bits per heavy atom. The molecule has 0 saturated heterocycles. The predicted molar refractivity (Wildman–Crippen MR) is 131 cm³/mol. The van der Waals surface area contributed by atoms with Gasteiger partial charge in [-0.3, -0.25) is 9.59 Å². The Morgan fingerprint density at radius 2 is 1.73 bits per heavy atom. The van der Waals surface area contributed by atoms with Crippen molar-refractivity contribution < 1.29 is 9.59 Å². The number of thioether (sulfide) groups is 1. The van der Waals surface area contributed by atoms with Crippen LogP contribution >= 0.6 is 11.8 Å². The van der Waals surface area contributed by atoms with E-state index in [9.17, 15) is 9.59 Å². The number of fused-ring (bicyclic) bond motifs is 1. The van der Waals surface area contributed by atoms with E-state index in [1.54, 1.807) is 6.07 Å². The Bertz CT molecular complexity index is 1300. The van der Waals surface area contributed by atoms with Crippen molar-refractivity contribution in [2.75, 3.05) is 11.1 Å². The number of anilines is 1. The summed E-state index contributed by atoms with van der Waals surface area (Å²) in [4.78, 5) is 25.1. The minimum atomic E-state index is -0.151. The smallest absolute Gasteiger partial charge is 0.251 e. The lowest BCUT2D eigenvalue weighted by molar-refractivity contribution is -0.113. The molecule has 1 heterocycles. The number of aromatic nitrogens is 3. The summed E-state index contributed by atoms with van der Waals surface area (Å²) < 4.78 is 1.91. The van der Waals surface area contributed by atoms with E-state index < -0.39 is 0 Å². The Hall–Kier alpha value is -3.65. The first-order valence-electron chi connectivity index (χ1n) is 10.7. The van der Waals surface area contributed by atoms with Crippen molar-refractivity contribution in [3.63, 3.8) is 0 Å². The minimum Gasteiger partial charge on any atom is -0.345 e. The quantitative estimate of drug-likeness (QED) is 0.381. The lowest BCUT2D eigenvalue weighted by Gasteiger charge is -2.10. The summed E-state index contributed by atoms with van der Waals surface area (Å²) >= 11 is 1.32. The highest BCUT2D eigenvalue weighted by Gasteiger charge is 2.15. The van der Waals surface area contributed by atoms with E-state index >= 15 is 0 Å². The largest absolute Gasteiger partial charge is 0.345 e. The number of benzene rings is 3. The summed E-state index contributed by atoms with van der Waals surface area (Å²) in [5, 5.41) is 17.1. The zero-order valence-corrected chi connectivity index (χ0v) is 19.4. The average Bonchev–Trinajstić information content (AvgIpc) is 3.23. The topological polar surface area (TPSA) is 88.9 Å². The summed E-state index contributed by atoms with van der Waals surface area (Å²) in [7, 11) is 0. The molecule has 2 amide bonds. The molecule has 0 spiro atoms. The van der Waals surface area contributed by atoms with Crippen molar-refractivity contribution in [3.05, 3.63) is 83.7 Å². The average molecular weight is 460 g/mol. The minimum absolute atomic E-state index is 0.114. The number of hydrogen-bond acceptors (Lipinski definition) is 5. The maximum atomic E-state index is 12.6. The number of hydrogen-bond donors (Lipinski definition) is 2. The van der Waals surface area contributed by atoms with E-state index in [0.29, 0.717) is 23.1 Å². The van der Waals surface area contributed by atoms with Crippen LogP contribution in [0.4, 0.5) is 5.69 Å². The molecule has 0 aliphatic heterocycles. The van der Waals surface area contributed by atoms with Crippen molar-refractivity contribution in [2.45, 2.75) is 32.1 Å². The monoisotopic (exact) mass is 459 g/mol. The zero-order valence-electron chi connectivity index (χ0n) is 18.5. The molecular formula is C25H25N5O2S. The molecule has 0 atom stereocenters. The maximum Gasteiger partial charge on any atom is 0.251 e. The fourth-order valence-electron chi connectivity index (χ4n) is 3.61. The normalized spacial score (nSPS) is 10.8. The number of nitrogens with one attached hydrogen (secondary N) is 2. The van der Waals surface area contributed by atoms with E-state index in [1.165, 1.54) is 11.8 Å². The number of carbonyl (C=O) groups excluding carboxylic acids is 2. The molecule has 33 heavy (non-hydrogen) atoms. The molecular weight excluding hydrogens is 434 g/mol. The van der Waals surface area contributed by atoms with Gasteiger partial charge in [0, 0.05) is 23.2 Å². The van der Waals surface area contributed by atoms with Crippen molar-refractivity contribution in [1.29, 1.82) is 0 Å². The van der Waals surface area contributed by atoms with E-state index in [0.717, 1.165) is 22.0 Å². The van der Waals surface area contributed by atoms with E-state index in [1.807, 2.05) is 79.1 Å². The first kappa shape index (κ1) is 22.5. The molecule has 0 fully saturated rings. The second-order valence-corrected chi connectivity index (χ2v) is 8.45. The SMILES string of the molecule is CCn1c(CNC(=O)c2ccccc2C)nnc1SCC(=O)Nc1cccc2ccccc12. The number of carbonyl (C=O) groups is 2. The molecule has 0 saturated carbocycles. The molecule has 0 aliphatic carbocycles. The first-order chi connectivity index (χ1) is 16.1. The molecule has 0 radical (unpaired) electrons. The van der Waals surface area contributed by atoms with Crippen LogP contribution < -0.4 is 10.6 Å². The molecule has 3 aromatic carbocycles. The van der Waals surface area contributed by atoms with Gasteiger partial charge in [-0.2, -0.15) is 0 Å². The molecule has 0 aliphatic rings. The standard InChI is InChI=1S/C25H25N5O2S/c1-3-30-22(15-26-24(32)19-12-6-4-9-17(19)2)28-29-25(30)33-16-23(31)27-21-14-8-11-18-10-5-7-13-20(18)21/h4-14H,3,15-16H2,1-2H3,(H,26,32)(H,27,31). The summed E-state index contributed by atoms with van der Waals surface area (Å²) in [6, 6.07) is 21.2. The molecule has 0 bridgehead atoms. The third-order valence-corrected chi connectivity index (χ3v) is 6.27. The third-order valence-electron chi connectivity index (χ3n) is 5.30. The Kier molecular flexibility index (Phi) is 7.04. The van der Waals surface area contributed by atoms with Crippen LogP contribution in [-0.2, 0) is 17.9 Å². The highest BCUT2D eigenvalue weighted by Crippen LogP contribution is 2.24. The van der Waals surface area contributed by atoms with Gasteiger partial charge in [0.05, 0.1) is 12.3 Å². The van der Waals surface area contributed by atoms with Crippen molar-refractivity contribution >= 4 is 40.0 Å². The molecule has 1 aromatic heterocycles. The molecule has 8 heteroatoms. The lowest BCUT2D eigenvalue weighted by atomic mass is 10.1.